The molecule has 0 aliphatic heterocycles. The molecule has 0 unspecified atom stereocenters. The first-order chi connectivity index (χ1) is 18.6. The Kier molecular flexibility index (Phi) is 10.9. The zero-order valence-corrected chi connectivity index (χ0v) is 24.8. The Morgan fingerprint density at radius 1 is 0.897 bits per heavy atom. The molecular weight excluding hydrogens is 488 g/mol. The molecule has 1 aromatic heterocycles. The highest BCUT2D eigenvalue weighted by atomic mass is 16.2. The summed E-state index contributed by atoms with van der Waals surface area (Å²) in [6.45, 7) is 12.0. The maximum Gasteiger partial charge on any atom is 0.253 e. The van der Waals surface area contributed by atoms with Gasteiger partial charge in [-0.25, -0.2) is 4.98 Å². The molecule has 0 aliphatic carbocycles. The van der Waals surface area contributed by atoms with Crippen molar-refractivity contribution in [1.29, 1.82) is 0 Å². The number of carbonyl (C=O) groups excluding carboxylic acids is 2. The van der Waals surface area contributed by atoms with Crippen molar-refractivity contribution in [2.24, 2.45) is 11.8 Å². The summed E-state index contributed by atoms with van der Waals surface area (Å²) in [6.07, 6.45) is 2.92. The lowest BCUT2D eigenvalue weighted by atomic mass is 10.1. The Labute approximate surface area is 233 Å². The Hall–Kier alpha value is -3.39. The second-order valence-corrected chi connectivity index (χ2v) is 11.4. The fraction of sp³-hybridized carbons (Fsp3) is 0.516. The Morgan fingerprint density at radius 2 is 1.51 bits per heavy atom. The van der Waals surface area contributed by atoms with Gasteiger partial charge in [-0.1, -0.05) is 27.7 Å². The van der Waals surface area contributed by atoms with Gasteiger partial charge < -0.3 is 25.0 Å². The first-order valence-electron chi connectivity index (χ1n) is 14.1. The maximum absolute atomic E-state index is 13.7. The van der Waals surface area contributed by atoms with Gasteiger partial charge in [-0.3, -0.25) is 9.59 Å². The topological polar surface area (TPSA) is 82.5 Å². The van der Waals surface area contributed by atoms with Crippen molar-refractivity contribution in [2.45, 2.75) is 53.5 Å². The van der Waals surface area contributed by atoms with E-state index >= 15 is 0 Å². The van der Waals surface area contributed by atoms with E-state index in [1.54, 1.807) is 19.2 Å². The molecule has 2 N–H and O–H groups in total. The SMILES string of the molecule is CNC(=O)c1ccc(Nc2nc3ccc(C(=O)N(CCC(C)C)CCC(C)C)cc3n2CCCN(C)C)cc1. The van der Waals surface area contributed by atoms with Crippen molar-refractivity contribution in [3.05, 3.63) is 53.6 Å². The lowest BCUT2D eigenvalue weighted by molar-refractivity contribution is 0.0740. The van der Waals surface area contributed by atoms with E-state index in [-0.39, 0.29) is 11.8 Å². The first-order valence-corrected chi connectivity index (χ1v) is 14.1. The highest BCUT2D eigenvalue weighted by Gasteiger charge is 2.19. The predicted molar refractivity (Wildman–Crippen MR) is 161 cm³/mol. The van der Waals surface area contributed by atoms with Crippen LogP contribution in [-0.2, 0) is 6.54 Å². The van der Waals surface area contributed by atoms with Crippen molar-refractivity contribution in [3.63, 3.8) is 0 Å². The third kappa shape index (κ3) is 8.55. The van der Waals surface area contributed by atoms with Crippen molar-refractivity contribution in [3.8, 4) is 0 Å². The number of amides is 2. The predicted octanol–water partition coefficient (Wildman–Crippen LogP) is 5.63. The fourth-order valence-electron chi connectivity index (χ4n) is 4.43. The second-order valence-electron chi connectivity index (χ2n) is 11.4. The maximum atomic E-state index is 13.7. The number of hydrogen-bond donors (Lipinski definition) is 2. The second kappa shape index (κ2) is 14.1. The largest absolute Gasteiger partial charge is 0.355 e. The number of imidazole rings is 1. The van der Waals surface area contributed by atoms with Gasteiger partial charge in [0, 0.05) is 43.5 Å². The van der Waals surface area contributed by atoms with Crippen LogP contribution in [0.4, 0.5) is 11.6 Å². The van der Waals surface area contributed by atoms with Crippen LogP contribution in [0.3, 0.4) is 0 Å². The monoisotopic (exact) mass is 534 g/mol. The van der Waals surface area contributed by atoms with Crippen LogP contribution in [0.1, 0.15) is 67.7 Å². The van der Waals surface area contributed by atoms with Crippen LogP contribution in [0.5, 0.6) is 0 Å². The van der Waals surface area contributed by atoms with Gasteiger partial charge in [0.1, 0.15) is 0 Å². The quantitative estimate of drug-likeness (QED) is 0.280. The lowest BCUT2D eigenvalue weighted by Crippen LogP contribution is -2.34. The van der Waals surface area contributed by atoms with E-state index in [1.807, 2.05) is 35.2 Å². The molecular formula is C31H46N6O2. The number of nitrogens with zero attached hydrogens (tertiary/aromatic N) is 4. The van der Waals surface area contributed by atoms with Gasteiger partial charge in [0.15, 0.2) is 0 Å². The summed E-state index contributed by atoms with van der Waals surface area (Å²) >= 11 is 0. The average Bonchev–Trinajstić information content (AvgIpc) is 3.23. The van der Waals surface area contributed by atoms with E-state index < -0.39 is 0 Å². The molecule has 3 rings (SSSR count). The van der Waals surface area contributed by atoms with Crippen LogP contribution >= 0.6 is 0 Å². The summed E-state index contributed by atoms with van der Waals surface area (Å²) in [5.74, 6) is 1.76. The number of aromatic nitrogens is 2. The molecule has 0 spiro atoms. The molecule has 0 atom stereocenters. The van der Waals surface area contributed by atoms with Gasteiger partial charge in [0.2, 0.25) is 5.95 Å². The highest BCUT2D eigenvalue weighted by molar-refractivity contribution is 5.98. The van der Waals surface area contributed by atoms with Gasteiger partial charge in [-0.2, -0.15) is 0 Å². The molecule has 3 aromatic rings. The van der Waals surface area contributed by atoms with E-state index in [9.17, 15) is 9.59 Å². The van der Waals surface area contributed by atoms with Gasteiger partial charge >= 0.3 is 0 Å². The zero-order valence-electron chi connectivity index (χ0n) is 24.8. The molecule has 8 heteroatoms. The third-order valence-electron chi connectivity index (χ3n) is 6.85. The number of benzene rings is 2. The number of rotatable bonds is 14. The molecule has 2 aromatic carbocycles. The van der Waals surface area contributed by atoms with Crippen molar-refractivity contribution in [1.82, 2.24) is 24.7 Å². The molecule has 0 saturated heterocycles. The van der Waals surface area contributed by atoms with E-state index in [0.29, 0.717) is 23.0 Å². The van der Waals surface area contributed by atoms with Gasteiger partial charge in [0.05, 0.1) is 11.0 Å². The number of aryl methyl sites for hydroxylation is 1. The van der Waals surface area contributed by atoms with Gasteiger partial charge in [-0.15, -0.1) is 0 Å². The summed E-state index contributed by atoms with van der Waals surface area (Å²) in [6, 6.07) is 13.2. The zero-order chi connectivity index (χ0) is 28.5. The molecule has 8 nitrogen and oxygen atoms in total. The summed E-state index contributed by atoms with van der Waals surface area (Å²) in [5.41, 5.74) is 3.93. The van der Waals surface area contributed by atoms with Gasteiger partial charge in [-0.05, 0) is 94.2 Å². The number of hydrogen-bond acceptors (Lipinski definition) is 5. The minimum absolute atomic E-state index is 0.0820. The molecule has 0 aliphatic rings. The number of anilines is 2. The van der Waals surface area contributed by atoms with E-state index in [4.69, 9.17) is 4.98 Å². The van der Waals surface area contributed by atoms with E-state index in [1.165, 1.54) is 0 Å². The van der Waals surface area contributed by atoms with E-state index in [2.05, 4.69) is 61.9 Å². The van der Waals surface area contributed by atoms with Crippen LogP contribution in [-0.4, -0.2) is 71.9 Å². The number of fused-ring (bicyclic) bond motifs is 1. The molecule has 1 heterocycles. The molecule has 2 amide bonds. The summed E-state index contributed by atoms with van der Waals surface area (Å²) in [5, 5.41) is 6.08. The Balaban J connectivity index is 1.94. The normalized spacial score (nSPS) is 11.5. The fourth-order valence-corrected chi connectivity index (χ4v) is 4.43. The smallest absolute Gasteiger partial charge is 0.253 e. The molecule has 0 fully saturated rings. The average molecular weight is 535 g/mol. The number of carbonyl (C=O) groups is 2. The van der Waals surface area contributed by atoms with Crippen molar-refractivity contribution in [2.75, 3.05) is 46.1 Å². The van der Waals surface area contributed by atoms with Gasteiger partial charge in [0.25, 0.3) is 11.8 Å². The van der Waals surface area contributed by atoms with Crippen LogP contribution in [0.2, 0.25) is 0 Å². The minimum Gasteiger partial charge on any atom is -0.355 e. The standard InChI is InChI=1S/C31H46N6O2/c1-22(2)15-19-36(20-16-23(3)4)30(39)25-11-14-27-28(21-25)37(18-8-17-35(6)7)31(34-27)33-26-12-9-24(10-13-26)29(38)32-5/h9-14,21-23H,8,15-20H2,1-7H3,(H,32,38)(H,33,34). The minimum atomic E-state index is -0.120. The van der Waals surface area contributed by atoms with Crippen LogP contribution in [0, 0.1) is 11.8 Å². The first kappa shape index (κ1) is 30.2. The molecule has 0 saturated carbocycles. The molecule has 212 valence electrons. The molecule has 0 radical (unpaired) electrons. The molecule has 0 bridgehead atoms. The molecule has 39 heavy (non-hydrogen) atoms. The van der Waals surface area contributed by atoms with Crippen LogP contribution < -0.4 is 10.6 Å². The lowest BCUT2D eigenvalue weighted by Gasteiger charge is -2.24. The van der Waals surface area contributed by atoms with Crippen molar-refractivity contribution >= 4 is 34.5 Å². The highest BCUT2D eigenvalue weighted by Crippen LogP contribution is 2.26. The summed E-state index contributed by atoms with van der Waals surface area (Å²) in [4.78, 5) is 34.7. The van der Waals surface area contributed by atoms with Crippen molar-refractivity contribution < 1.29 is 9.59 Å². The van der Waals surface area contributed by atoms with Crippen LogP contribution in [0.15, 0.2) is 42.5 Å². The summed E-state index contributed by atoms with van der Waals surface area (Å²) in [7, 11) is 5.76. The Bertz CT molecular complexity index is 1220. The van der Waals surface area contributed by atoms with Crippen LogP contribution in [0.25, 0.3) is 11.0 Å². The Morgan fingerprint density at radius 3 is 2.08 bits per heavy atom. The number of nitrogens with one attached hydrogen (secondary N) is 2. The third-order valence-corrected chi connectivity index (χ3v) is 6.85. The van der Waals surface area contributed by atoms with E-state index in [0.717, 1.165) is 68.1 Å². The summed E-state index contributed by atoms with van der Waals surface area (Å²) < 4.78 is 2.16.